The van der Waals surface area contributed by atoms with Gasteiger partial charge in [0.1, 0.15) is 16.9 Å². The summed E-state index contributed by atoms with van der Waals surface area (Å²) in [5.41, 5.74) is -1.09. The molecule has 3 heterocycles. The Balaban J connectivity index is 2.06. The van der Waals surface area contributed by atoms with Crippen molar-refractivity contribution in [2.24, 2.45) is 7.05 Å². The molecule has 0 saturated carbocycles. The second-order valence-electron chi connectivity index (χ2n) is 7.98. The maximum Gasteiger partial charge on any atom is 0.431 e. The minimum absolute atomic E-state index is 0.0148. The number of benzene rings is 1. The first kappa shape index (κ1) is 26.0. The molecule has 0 aliphatic rings. The molecule has 0 fully saturated rings. The van der Waals surface area contributed by atoms with Crippen LogP contribution in [-0.4, -0.2) is 39.5 Å². The third kappa shape index (κ3) is 4.43. The van der Waals surface area contributed by atoms with E-state index >= 15 is 0 Å². The number of hydrogen-bond acceptors (Lipinski definition) is 6. The van der Waals surface area contributed by atoms with Crippen LogP contribution in [0.5, 0.6) is 0 Å². The highest BCUT2D eigenvalue weighted by Crippen LogP contribution is 2.34. The number of aromatic nitrogens is 4. The second kappa shape index (κ2) is 9.40. The van der Waals surface area contributed by atoms with E-state index in [0.717, 1.165) is 16.5 Å². The van der Waals surface area contributed by atoms with Crippen LogP contribution in [0.4, 0.5) is 13.2 Å². The maximum atomic E-state index is 13.7. The molecule has 0 radical (unpaired) electrons. The molecule has 0 amide bonds. The van der Waals surface area contributed by atoms with Crippen LogP contribution in [0, 0.1) is 0 Å². The van der Waals surface area contributed by atoms with Crippen molar-refractivity contribution in [2.75, 3.05) is 12.0 Å². The van der Waals surface area contributed by atoms with E-state index in [4.69, 9.17) is 0 Å². The molecular formula is C24H23F3N4O3S2. The number of halogens is 3. The van der Waals surface area contributed by atoms with Crippen LogP contribution in [0.1, 0.15) is 19.5 Å². The molecule has 0 spiro atoms. The van der Waals surface area contributed by atoms with Crippen LogP contribution >= 0.6 is 11.8 Å². The first-order valence-corrected chi connectivity index (χ1v) is 13.9. The molecule has 7 nitrogen and oxygen atoms in total. The van der Waals surface area contributed by atoms with Gasteiger partial charge in [0.15, 0.2) is 15.7 Å². The van der Waals surface area contributed by atoms with E-state index in [1.807, 2.05) is 30.5 Å². The van der Waals surface area contributed by atoms with Gasteiger partial charge in [-0.05, 0) is 43.5 Å². The summed E-state index contributed by atoms with van der Waals surface area (Å²) in [5.74, 6) is -0.229. The van der Waals surface area contributed by atoms with Gasteiger partial charge in [-0.15, -0.1) is 11.8 Å². The maximum absolute atomic E-state index is 13.7. The lowest BCUT2D eigenvalue weighted by atomic mass is 10.1. The lowest BCUT2D eigenvalue weighted by Gasteiger charge is -2.14. The van der Waals surface area contributed by atoms with Crippen LogP contribution in [0.3, 0.4) is 0 Å². The number of alkyl halides is 3. The lowest BCUT2D eigenvalue weighted by Crippen LogP contribution is -2.28. The van der Waals surface area contributed by atoms with E-state index in [1.54, 1.807) is 6.07 Å². The number of aryl methyl sites for hydroxylation is 1. The first-order chi connectivity index (χ1) is 16.9. The second-order valence-corrected chi connectivity index (χ2v) is 11.1. The number of rotatable bonds is 6. The SMILES string of the molecule is CCn1c(C(F)(F)F)cc2nc(-c3nc(-c4cccc(SC)c4)ccc3S(=O)(=O)CC)n(C)c2c1=O. The van der Waals surface area contributed by atoms with Gasteiger partial charge in [0.2, 0.25) is 0 Å². The van der Waals surface area contributed by atoms with Crippen LogP contribution < -0.4 is 5.56 Å². The van der Waals surface area contributed by atoms with E-state index in [1.165, 1.54) is 43.3 Å². The largest absolute Gasteiger partial charge is 0.431 e. The van der Waals surface area contributed by atoms with Gasteiger partial charge < -0.3 is 9.13 Å². The zero-order valence-electron chi connectivity index (χ0n) is 19.9. The number of sulfone groups is 1. The third-order valence-electron chi connectivity index (χ3n) is 5.89. The number of imidazole rings is 1. The number of nitrogens with zero attached hydrogens (tertiary/aromatic N) is 4. The molecule has 190 valence electrons. The normalized spacial score (nSPS) is 12.4. The summed E-state index contributed by atoms with van der Waals surface area (Å²) in [6, 6.07) is 11.3. The van der Waals surface area contributed by atoms with Gasteiger partial charge in [-0.2, -0.15) is 13.2 Å². The van der Waals surface area contributed by atoms with Crippen molar-refractivity contribution in [3.05, 3.63) is 58.5 Å². The van der Waals surface area contributed by atoms with E-state index in [9.17, 15) is 26.4 Å². The molecule has 0 N–H and O–H groups in total. The van der Waals surface area contributed by atoms with Crippen LogP contribution in [-0.2, 0) is 29.6 Å². The van der Waals surface area contributed by atoms with Gasteiger partial charge in [0.25, 0.3) is 5.56 Å². The summed E-state index contributed by atoms with van der Waals surface area (Å²) < 4.78 is 68.8. The Hall–Kier alpha value is -3.12. The average Bonchev–Trinajstić information content (AvgIpc) is 3.19. The molecule has 1 aromatic carbocycles. The Morgan fingerprint density at radius 2 is 1.78 bits per heavy atom. The first-order valence-electron chi connectivity index (χ1n) is 11.0. The molecular weight excluding hydrogens is 513 g/mol. The predicted molar refractivity (Wildman–Crippen MR) is 134 cm³/mol. The Bertz CT molecular complexity index is 1640. The standard InChI is InChI=1S/C24H23F3N4O3S2/c1-5-31-19(24(25,26)27)13-17-21(23(31)32)30(3)22(29-17)20-18(36(33,34)6-2)11-10-16(28-20)14-8-7-9-15(12-14)35-4/h7-13H,5-6H2,1-4H3. The quantitative estimate of drug-likeness (QED) is 0.322. The Labute approximate surface area is 209 Å². The molecule has 0 bridgehead atoms. The highest BCUT2D eigenvalue weighted by Gasteiger charge is 2.36. The van der Waals surface area contributed by atoms with Crippen molar-refractivity contribution < 1.29 is 21.6 Å². The molecule has 0 atom stereocenters. The van der Waals surface area contributed by atoms with Crippen LogP contribution in [0.25, 0.3) is 33.8 Å². The Morgan fingerprint density at radius 3 is 2.39 bits per heavy atom. The number of pyridine rings is 2. The molecule has 4 rings (SSSR count). The number of thioether (sulfide) groups is 1. The summed E-state index contributed by atoms with van der Waals surface area (Å²) in [5, 5.41) is 0. The minimum Gasteiger partial charge on any atom is -0.321 e. The summed E-state index contributed by atoms with van der Waals surface area (Å²) in [4.78, 5) is 22.8. The fourth-order valence-electron chi connectivity index (χ4n) is 4.03. The predicted octanol–water partition coefficient (Wildman–Crippen LogP) is 5.02. The van der Waals surface area contributed by atoms with Gasteiger partial charge in [-0.1, -0.05) is 19.1 Å². The highest BCUT2D eigenvalue weighted by molar-refractivity contribution is 7.98. The van der Waals surface area contributed by atoms with E-state index < -0.39 is 27.3 Å². The molecule has 0 saturated heterocycles. The molecule has 0 aliphatic carbocycles. The van der Waals surface area contributed by atoms with Crippen molar-refractivity contribution in [3.8, 4) is 22.8 Å². The van der Waals surface area contributed by atoms with E-state index in [2.05, 4.69) is 9.97 Å². The number of fused-ring (bicyclic) bond motifs is 1. The van der Waals surface area contributed by atoms with Gasteiger partial charge in [-0.25, -0.2) is 18.4 Å². The van der Waals surface area contributed by atoms with Gasteiger partial charge in [0.05, 0.1) is 21.9 Å². The lowest BCUT2D eigenvalue weighted by molar-refractivity contribution is -0.144. The molecule has 0 aliphatic heterocycles. The molecule has 3 aromatic heterocycles. The minimum atomic E-state index is -4.77. The van der Waals surface area contributed by atoms with Crippen molar-refractivity contribution in [1.82, 2.24) is 19.1 Å². The zero-order valence-corrected chi connectivity index (χ0v) is 21.6. The summed E-state index contributed by atoms with van der Waals surface area (Å²) in [7, 11) is -2.32. The van der Waals surface area contributed by atoms with Gasteiger partial charge in [-0.3, -0.25) is 4.79 Å². The summed E-state index contributed by atoms with van der Waals surface area (Å²) in [6.07, 6.45) is -2.84. The Morgan fingerprint density at radius 1 is 1.06 bits per heavy atom. The fourth-order valence-corrected chi connectivity index (χ4v) is 5.51. The molecule has 4 aromatic rings. The number of hydrogen-bond donors (Lipinski definition) is 0. The average molecular weight is 537 g/mol. The molecule has 12 heteroatoms. The highest BCUT2D eigenvalue weighted by atomic mass is 32.2. The smallest absolute Gasteiger partial charge is 0.321 e. The summed E-state index contributed by atoms with van der Waals surface area (Å²) >= 11 is 1.53. The van der Waals surface area contributed by atoms with Crippen LogP contribution in [0.2, 0.25) is 0 Å². The van der Waals surface area contributed by atoms with Crippen molar-refractivity contribution in [3.63, 3.8) is 0 Å². The topological polar surface area (TPSA) is 86.8 Å². The van der Waals surface area contributed by atoms with Crippen molar-refractivity contribution in [2.45, 2.75) is 36.4 Å². The van der Waals surface area contributed by atoms with E-state index in [0.29, 0.717) is 10.3 Å². The molecule has 36 heavy (non-hydrogen) atoms. The third-order valence-corrected chi connectivity index (χ3v) is 8.38. The monoisotopic (exact) mass is 536 g/mol. The Kier molecular flexibility index (Phi) is 6.78. The van der Waals surface area contributed by atoms with E-state index in [-0.39, 0.29) is 39.7 Å². The van der Waals surface area contributed by atoms with Crippen molar-refractivity contribution in [1.29, 1.82) is 0 Å². The van der Waals surface area contributed by atoms with Gasteiger partial charge >= 0.3 is 6.18 Å². The van der Waals surface area contributed by atoms with Gasteiger partial charge in [0, 0.05) is 24.1 Å². The van der Waals surface area contributed by atoms with Crippen molar-refractivity contribution >= 4 is 32.6 Å². The van der Waals surface area contributed by atoms with Crippen LogP contribution in [0.15, 0.2) is 57.1 Å². The zero-order chi connectivity index (χ0) is 26.4. The summed E-state index contributed by atoms with van der Waals surface area (Å²) in [6.45, 7) is 2.73. The molecule has 0 unspecified atom stereocenters. The fraction of sp³-hybridized carbons (Fsp3) is 0.292.